The highest BCUT2D eigenvalue weighted by atomic mass is 35.5. The first-order valence-electron chi connectivity index (χ1n) is 15.0. The lowest BCUT2D eigenvalue weighted by Gasteiger charge is -2.26. The number of carbonyl (C=O) groups is 1. The van der Waals surface area contributed by atoms with E-state index in [2.05, 4.69) is 4.99 Å². The highest BCUT2D eigenvalue weighted by Gasteiger charge is 2.36. The van der Waals surface area contributed by atoms with Crippen LogP contribution in [0.4, 0.5) is 0 Å². The zero-order valence-electron chi connectivity index (χ0n) is 26.6. The van der Waals surface area contributed by atoms with Crippen LogP contribution in [0.5, 0.6) is 23.0 Å². The number of benzene rings is 3. The molecule has 1 atom stereocenters. The summed E-state index contributed by atoms with van der Waals surface area (Å²) in [6, 6.07) is 15.3. The smallest absolute Gasteiger partial charge is 0.338 e. The van der Waals surface area contributed by atoms with Crippen molar-refractivity contribution in [1.29, 1.82) is 0 Å². The van der Waals surface area contributed by atoms with Crippen molar-refractivity contribution in [3.8, 4) is 23.0 Å². The predicted molar refractivity (Wildman–Crippen MR) is 183 cm³/mol. The summed E-state index contributed by atoms with van der Waals surface area (Å²) in [4.78, 5) is 32.7. The molecular formula is C35H34Cl2N2O7S. The molecule has 1 aromatic heterocycles. The summed E-state index contributed by atoms with van der Waals surface area (Å²) >= 11 is 13.4. The number of carbonyl (C=O) groups excluding carboxylic acids is 1. The Morgan fingerprint density at radius 2 is 1.72 bits per heavy atom. The summed E-state index contributed by atoms with van der Waals surface area (Å²) in [6.07, 6.45) is 1.77. The third-order valence-electron chi connectivity index (χ3n) is 7.27. The van der Waals surface area contributed by atoms with Gasteiger partial charge in [-0.15, -0.1) is 0 Å². The van der Waals surface area contributed by atoms with Crippen LogP contribution < -0.4 is 33.8 Å². The van der Waals surface area contributed by atoms with E-state index in [4.69, 9.17) is 46.9 Å². The van der Waals surface area contributed by atoms with Gasteiger partial charge in [-0.3, -0.25) is 9.36 Å². The largest absolute Gasteiger partial charge is 0.493 e. The Balaban J connectivity index is 1.60. The predicted octanol–water partition coefficient (Wildman–Crippen LogP) is 6.49. The van der Waals surface area contributed by atoms with Crippen molar-refractivity contribution in [2.24, 2.45) is 4.99 Å². The zero-order valence-corrected chi connectivity index (χ0v) is 28.9. The highest BCUT2D eigenvalue weighted by Crippen LogP contribution is 2.41. The molecule has 1 aliphatic rings. The van der Waals surface area contributed by atoms with Crippen LogP contribution >= 0.6 is 34.5 Å². The molecule has 4 aromatic rings. The molecule has 3 aromatic carbocycles. The number of esters is 1. The van der Waals surface area contributed by atoms with Gasteiger partial charge in [0.25, 0.3) is 5.56 Å². The number of nitrogens with zero attached hydrogens (tertiary/aromatic N) is 2. The number of thiazole rings is 1. The van der Waals surface area contributed by atoms with E-state index in [-0.39, 0.29) is 24.3 Å². The standard InChI is InChI=1S/C35H34Cl2N2O7S/c1-6-43-28-17-21(13-15-26(28)46-19-22-12-14-24(36)25(37)16-22)18-29-33(40)39-31(23-10-9-11-27(42-5)32(23)44-7-2)30(34(41)45-8-3)20(4)38-35(39)47-29/h9-18,31H,6-8,19H2,1-5H3/b29-18+/t31-/m0/s1. The minimum absolute atomic E-state index is 0.165. The minimum Gasteiger partial charge on any atom is -0.493 e. The number of para-hydroxylation sites is 1. The Morgan fingerprint density at radius 1 is 0.936 bits per heavy atom. The fourth-order valence-electron chi connectivity index (χ4n) is 5.24. The molecule has 0 fully saturated rings. The van der Waals surface area contributed by atoms with Crippen LogP contribution in [0.3, 0.4) is 0 Å². The molecule has 0 spiro atoms. The van der Waals surface area contributed by atoms with E-state index < -0.39 is 12.0 Å². The Bertz CT molecular complexity index is 2020. The molecule has 0 unspecified atom stereocenters. The molecule has 47 heavy (non-hydrogen) atoms. The first kappa shape index (κ1) is 34.1. The van der Waals surface area contributed by atoms with Crippen LogP contribution in [0.25, 0.3) is 6.08 Å². The van der Waals surface area contributed by atoms with Gasteiger partial charge in [-0.25, -0.2) is 9.79 Å². The topological polar surface area (TPSA) is 97.6 Å². The van der Waals surface area contributed by atoms with Crippen LogP contribution in [0, 0.1) is 0 Å². The lowest BCUT2D eigenvalue weighted by atomic mass is 9.94. The number of halogens is 2. The molecule has 0 N–H and O–H groups in total. The summed E-state index contributed by atoms with van der Waals surface area (Å²) < 4.78 is 30.9. The summed E-state index contributed by atoms with van der Waals surface area (Å²) in [6.45, 7) is 8.39. The van der Waals surface area contributed by atoms with Crippen LogP contribution in [0.2, 0.25) is 10.0 Å². The molecule has 0 saturated heterocycles. The number of methoxy groups -OCH3 is 1. The third kappa shape index (κ3) is 7.20. The Kier molecular flexibility index (Phi) is 11.0. The van der Waals surface area contributed by atoms with E-state index in [1.807, 2.05) is 38.1 Å². The lowest BCUT2D eigenvalue weighted by Crippen LogP contribution is -2.40. The second kappa shape index (κ2) is 15.1. The second-order valence-corrected chi connectivity index (χ2v) is 12.1. The van der Waals surface area contributed by atoms with Crippen molar-refractivity contribution >= 4 is 46.6 Å². The normalized spacial score (nSPS) is 14.4. The first-order valence-corrected chi connectivity index (χ1v) is 16.6. The highest BCUT2D eigenvalue weighted by molar-refractivity contribution is 7.07. The van der Waals surface area contributed by atoms with E-state index in [0.29, 0.717) is 66.9 Å². The fourth-order valence-corrected chi connectivity index (χ4v) is 6.60. The molecule has 0 radical (unpaired) electrons. The van der Waals surface area contributed by atoms with Crippen molar-refractivity contribution in [2.45, 2.75) is 40.3 Å². The maximum Gasteiger partial charge on any atom is 0.338 e. The number of fused-ring (bicyclic) bond motifs is 1. The monoisotopic (exact) mass is 696 g/mol. The van der Waals surface area contributed by atoms with E-state index >= 15 is 0 Å². The maximum absolute atomic E-state index is 14.2. The van der Waals surface area contributed by atoms with Gasteiger partial charge in [-0.2, -0.15) is 0 Å². The lowest BCUT2D eigenvalue weighted by molar-refractivity contribution is -0.139. The summed E-state index contributed by atoms with van der Waals surface area (Å²) in [5.41, 5.74) is 2.53. The molecule has 1 aliphatic heterocycles. The van der Waals surface area contributed by atoms with Gasteiger partial charge in [-0.05, 0) is 75.2 Å². The Labute approximate surface area is 286 Å². The Hall–Kier alpha value is -4.25. The molecule has 2 heterocycles. The van der Waals surface area contributed by atoms with Gasteiger partial charge in [0.15, 0.2) is 27.8 Å². The number of hydrogen-bond acceptors (Lipinski definition) is 9. The van der Waals surface area contributed by atoms with Crippen molar-refractivity contribution < 1.29 is 28.5 Å². The number of aromatic nitrogens is 1. The number of hydrogen-bond donors (Lipinski definition) is 0. The number of allylic oxidation sites excluding steroid dienone is 1. The van der Waals surface area contributed by atoms with Crippen LogP contribution in [-0.4, -0.2) is 37.5 Å². The van der Waals surface area contributed by atoms with Crippen molar-refractivity contribution in [3.63, 3.8) is 0 Å². The van der Waals surface area contributed by atoms with Gasteiger partial charge in [-0.1, -0.05) is 58.8 Å². The molecule has 0 amide bonds. The van der Waals surface area contributed by atoms with Gasteiger partial charge in [0.1, 0.15) is 12.6 Å². The van der Waals surface area contributed by atoms with Crippen LogP contribution in [0.15, 0.2) is 75.7 Å². The average Bonchev–Trinajstić information content (AvgIpc) is 3.35. The zero-order chi connectivity index (χ0) is 33.7. The first-order chi connectivity index (χ1) is 22.7. The molecule has 0 bridgehead atoms. The third-order valence-corrected chi connectivity index (χ3v) is 9.00. The minimum atomic E-state index is -0.861. The van der Waals surface area contributed by atoms with E-state index in [1.165, 1.54) is 15.9 Å². The SMILES string of the molecule is CCOC(=O)C1=C(C)N=c2s/c(=C/c3ccc(OCc4ccc(Cl)c(Cl)c4)c(OCC)c3)c(=O)n2[C@H]1c1cccc(OC)c1OCC. The molecule has 5 rings (SSSR count). The second-order valence-electron chi connectivity index (χ2n) is 10.3. The van der Waals surface area contributed by atoms with Crippen molar-refractivity contribution in [2.75, 3.05) is 26.9 Å². The molecule has 0 aliphatic carbocycles. The number of rotatable bonds is 12. The van der Waals surface area contributed by atoms with Gasteiger partial charge in [0.05, 0.1) is 52.8 Å². The summed E-state index contributed by atoms with van der Waals surface area (Å²) in [5, 5.41) is 0.916. The molecule has 12 heteroatoms. The van der Waals surface area contributed by atoms with Crippen molar-refractivity contribution in [1.82, 2.24) is 4.57 Å². The van der Waals surface area contributed by atoms with E-state index in [9.17, 15) is 9.59 Å². The van der Waals surface area contributed by atoms with E-state index in [1.54, 1.807) is 57.4 Å². The summed E-state index contributed by atoms with van der Waals surface area (Å²) in [5.74, 6) is 1.41. The van der Waals surface area contributed by atoms with Gasteiger partial charge in [0.2, 0.25) is 0 Å². The van der Waals surface area contributed by atoms with Crippen LogP contribution in [-0.2, 0) is 16.1 Å². The number of ether oxygens (including phenoxy) is 5. The molecule has 246 valence electrons. The average molecular weight is 698 g/mol. The van der Waals surface area contributed by atoms with Crippen LogP contribution in [0.1, 0.15) is 50.4 Å². The van der Waals surface area contributed by atoms with Gasteiger partial charge < -0.3 is 23.7 Å². The Morgan fingerprint density at radius 3 is 2.43 bits per heavy atom. The fraction of sp³-hybridized carbons (Fsp3) is 0.286. The van der Waals surface area contributed by atoms with Gasteiger partial charge in [0, 0.05) is 5.56 Å². The molecule has 9 nitrogen and oxygen atoms in total. The maximum atomic E-state index is 14.2. The van der Waals surface area contributed by atoms with Gasteiger partial charge >= 0.3 is 5.97 Å². The molecule has 0 saturated carbocycles. The van der Waals surface area contributed by atoms with E-state index in [0.717, 1.165) is 11.1 Å². The molecular weight excluding hydrogens is 663 g/mol. The van der Waals surface area contributed by atoms with Crippen molar-refractivity contribution in [3.05, 3.63) is 112 Å². The quantitative estimate of drug-likeness (QED) is 0.156. The summed E-state index contributed by atoms with van der Waals surface area (Å²) in [7, 11) is 1.54.